The van der Waals surface area contributed by atoms with E-state index in [1.165, 1.54) is 4.90 Å². The Kier molecular flexibility index (Phi) is 5.58. The Morgan fingerprint density at radius 2 is 1.92 bits per heavy atom. The number of rotatable bonds is 5. The van der Waals surface area contributed by atoms with Crippen molar-refractivity contribution in [1.29, 1.82) is 0 Å². The van der Waals surface area contributed by atoms with E-state index in [1.807, 2.05) is 30.3 Å². The highest BCUT2D eigenvalue weighted by Gasteiger charge is 2.55. The van der Waals surface area contributed by atoms with E-state index in [4.69, 9.17) is 4.74 Å². The minimum absolute atomic E-state index is 0.138. The number of alkyl halides is 3. The predicted molar refractivity (Wildman–Crippen MR) is 91.4 cm³/mol. The average Bonchev–Trinajstić information content (AvgIpc) is 2.93. The Hall–Kier alpha value is -1.60. The fourth-order valence-corrected chi connectivity index (χ4v) is 4.32. The van der Waals surface area contributed by atoms with Crippen LogP contribution in [0.5, 0.6) is 0 Å². The summed E-state index contributed by atoms with van der Waals surface area (Å²) in [7, 11) is 0. The molecule has 4 nitrogen and oxygen atoms in total. The number of nitrogens with zero attached hydrogens (tertiary/aromatic N) is 2. The summed E-state index contributed by atoms with van der Waals surface area (Å²) >= 11 is 0. The molecule has 2 heterocycles. The number of likely N-dealkylation sites (tertiary alicyclic amines) is 2. The second-order valence-corrected chi connectivity index (χ2v) is 7.33. The molecule has 2 aliphatic heterocycles. The molecule has 2 aliphatic rings. The summed E-state index contributed by atoms with van der Waals surface area (Å²) in [4.78, 5) is 16.3. The average molecular weight is 370 g/mol. The van der Waals surface area contributed by atoms with Crippen molar-refractivity contribution in [1.82, 2.24) is 9.80 Å². The normalized spacial score (nSPS) is 27.3. The summed E-state index contributed by atoms with van der Waals surface area (Å²) in [6, 6.07) is 9.92. The van der Waals surface area contributed by atoms with E-state index >= 15 is 0 Å². The largest absolute Gasteiger partial charge is 0.466 e. The second kappa shape index (κ2) is 7.56. The van der Waals surface area contributed by atoms with Crippen molar-refractivity contribution in [3.05, 3.63) is 35.9 Å². The summed E-state index contributed by atoms with van der Waals surface area (Å²) < 4.78 is 43.7. The van der Waals surface area contributed by atoms with Gasteiger partial charge in [0, 0.05) is 32.1 Å². The molecule has 1 aromatic rings. The quantitative estimate of drug-likeness (QED) is 0.746. The lowest BCUT2D eigenvalue weighted by Gasteiger charge is -2.41. The van der Waals surface area contributed by atoms with Crippen molar-refractivity contribution in [3.63, 3.8) is 0 Å². The number of esters is 1. The van der Waals surface area contributed by atoms with Crippen molar-refractivity contribution >= 4 is 5.97 Å². The summed E-state index contributed by atoms with van der Waals surface area (Å²) in [5, 5.41) is 0. The van der Waals surface area contributed by atoms with Crippen molar-refractivity contribution in [3.8, 4) is 0 Å². The molecule has 1 aromatic carbocycles. The van der Waals surface area contributed by atoms with Gasteiger partial charge in [-0.05, 0) is 25.5 Å². The number of benzene rings is 1. The van der Waals surface area contributed by atoms with E-state index in [2.05, 4.69) is 4.90 Å². The Morgan fingerprint density at radius 3 is 2.58 bits per heavy atom. The second-order valence-electron chi connectivity index (χ2n) is 7.33. The maximum Gasteiger partial charge on any atom is 0.401 e. The Bertz CT molecular complexity index is 623. The molecule has 2 unspecified atom stereocenters. The van der Waals surface area contributed by atoms with Crippen molar-refractivity contribution in [2.24, 2.45) is 11.3 Å². The van der Waals surface area contributed by atoms with Crippen LogP contribution in [0.3, 0.4) is 0 Å². The third-order valence-corrected chi connectivity index (χ3v) is 5.45. The summed E-state index contributed by atoms with van der Waals surface area (Å²) in [5.41, 5.74) is 0.449. The van der Waals surface area contributed by atoms with Gasteiger partial charge in [0.15, 0.2) is 0 Å². The number of piperidine rings is 1. The molecule has 0 aliphatic carbocycles. The first-order valence-corrected chi connectivity index (χ1v) is 9.05. The molecule has 0 bridgehead atoms. The molecule has 0 N–H and O–H groups in total. The van der Waals surface area contributed by atoms with Gasteiger partial charge in [-0.3, -0.25) is 14.6 Å². The number of carbonyl (C=O) groups is 1. The zero-order chi connectivity index (χ0) is 18.8. The van der Waals surface area contributed by atoms with E-state index in [0.717, 1.165) is 5.56 Å². The van der Waals surface area contributed by atoms with Crippen molar-refractivity contribution in [2.45, 2.75) is 26.1 Å². The monoisotopic (exact) mass is 370 g/mol. The van der Waals surface area contributed by atoms with Gasteiger partial charge in [-0.1, -0.05) is 30.3 Å². The van der Waals surface area contributed by atoms with Gasteiger partial charge >= 0.3 is 12.1 Å². The highest BCUT2D eigenvalue weighted by Crippen LogP contribution is 2.44. The van der Waals surface area contributed by atoms with Gasteiger partial charge < -0.3 is 4.74 Å². The summed E-state index contributed by atoms with van der Waals surface area (Å²) in [6.07, 6.45) is -3.80. The van der Waals surface area contributed by atoms with Crippen LogP contribution in [-0.4, -0.2) is 61.3 Å². The Balaban J connectivity index is 1.75. The third-order valence-electron chi connectivity index (χ3n) is 5.45. The van der Waals surface area contributed by atoms with Crippen molar-refractivity contribution in [2.75, 3.05) is 39.3 Å². The van der Waals surface area contributed by atoms with Crippen LogP contribution in [0.2, 0.25) is 0 Å². The summed E-state index contributed by atoms with van der Waals surface area (Å²) in [6.45, 7) is 3.54. The van der Waals surface area contributed by atoms with Gasteiger partial charge in [0.25, 0.3) is 0 Å². The maximum atomic E-state index is 12.8. The van der Waals surface area contributed by atoms with Gasteiger partial charge in [-0.15, -0.1) is 0 Å². The van der Waals surface area contributed by atoms with E-state index < -0.39 is 18.1 Å². The van der Waals surface area contributed by atoms with E-state index in [1.54, 1.807) is 6.92 Å². The molecule has 2 fully saturated rings. The first-order valence-electron chi connectivity index (χ1n) is 9.05. The molecular weight excluding hydrogens is 345 g/mol. The number of halogens is 3. The number of ether oxygens (including phenoxy) is 1. The van der Waals surface area contributed by atoms with Crippen LogP contribution in [0.4, 0.5) is 13.2 Å². The number of hydrogen-bond acceptors (Lipinski definition) is 4. The predicted octanol–water partition coefficient (Wildman–Crippen LogP) is 2.94. The lowest BCUT2D eigenvalue weighted by molar-refractivity contribution is -0.167. The lowest BCUT2D eigenvalue weighted by Crippen LogP contribution is -2.53. The highest BCUT2D eigenvalue weighted by atomic mass is 19.4. The molecule has 2 saturated heterocycles. The first-order chi connectivity index (χ1) is 12.3. The van der Waals surface area contributed by atoms with Crippen LogP contribution in [-0.2, 0) is 16.1 Å². The Labute approximate surface area is 151 Å². The zero-order valence-electron chi connectivity index (χ0n) is 15.0. The molecule has 0 spiro atoms. The standard InChI is InChI=1S/C19H25F3N2O2/c1-2-26-17(25)18-8-9-23(14-19(20,21)22)11-16(18)12-24(13-18)10-15-6-4-3-5-7-15/h3-7,16H,2,8-14H2,1H3. The van der Waals surface area contributed by atoms with Crippen molar-refractivity contribution < 1.29 is 22.7 Å². The van der Waals surface area contributed by atoms with E-state index in [9.17, 15) is 18.0 Å². The molecule has 7 heteroatoms. The fourth-order valence-electron chi connectivity index (χ4n) is 4.32. The number of hydrogen-bond donors (Lipinski definition) is 0. The molecule has 0 aromatic heterocycles. The molecular formula is C19H25F3N2O2. The smallest absolute Gasteiger partial charge is 0.401 e. The molecule has 3 rings (SSSR count). The van der Waals surface area contributed by atoms with E-state index in [0.29, 0.717) is 26.1 Å². The van der Waals surface area contributed by atoms with Crippen LogP contribution in [0, 0.1) is 11.3 Å². The molecule has 26 heavy (non-hydrogen) atoms. The van der Waals surface area contributed by atoms with Gasteiger partial charge in [0.2, 0.25) is 0 Å². The maximum absolute atomic E-state index is 12.8. The lowest BCUT2D eigenvalue weighted by atomic mass is 9.72. The van der Waals surface area contributed by atoms with Gasteiger partial charge in [-0.2, -0.15) is 13.2 Å². The fraction of sp³-hybridized carbons (Fsp3) is 0.632. The molecule has 144 valence electrons. The minimum Gasteiger partial charge on any atom is -0.466 e. The molecule has 0 amide bonds. The highest BCUT2D eigenvalue weighted by molar-refractivity contribution is 5.78. The third kappa shape index (κ3) is 4.20. The molecule has 2 atom stereocenters. The van der Waals surface area contributed by atoms with Crippen LogP contribution in [0.15, 0.2) is 30.3 Å². The van der Waals surface area contributed by atoms with Crippen LogP contribution >= 0.6 is 0 Å². The molecule has 0 radical (unpaired) electrons. The number of carbonyl (C=O) groups excluding carboxylic acids is 1. The van der Waals surface area contributed by atoms with Gasteiger partial charge in [0.05, 0.1) is 18.6 Å². The zero-order valence-corrected chi connectivity index (χ0v) is 15.0. The van der Waals surface area contributed by atoms with Crippen LogP contribution < -0.4 is 0 Å². The topological polar surface area (TPSA) is 32.8 Å². The van der Waals surface area contributed by atoms with Gasteiger partial charge in [0.1, 0.15) is 0 Å². The minimum atomic E-state index is -4.22. The van der Waals surface area contributed by atoms with Crippen LogP contribution in [0.25, 0.3) is 0 Å². The van der Waals surface area contributed by atoms with E-state index in [-0.39, 0.29) is 31.6 Å². The Morgan fingerprint density at radius 1 is 1.23 bits per heavy atom. The number of fused-ring (bicyclic) bond motifs is 1. The first kappa shape index (κ1) is 19.2. The van der Waals surface area contributed by atoms with Crippen LogP contribution in [0.1, 0.15) is 18.9 Å². The SMILES string of the molecule is CCOC(=O)C12CCN(CC(F)(F)F)CC1CN(Cc1ccccc1)C2. The molecule has 0 saturated carbocycles. The summed E-state index contributed by atoms with van der Waals surface area (Å²) in [5.74, 6) is -0.395. The van der Waals surface area contributed by atoms with Gasteiger partial charge in [-0.25, -0.2) is 0 Å².